The Morgan fingerprint density at radius 3 is 2.76 bits per heavy atom. The SMILES string of the molecule is C[C@@H](Cc1ccc2c(c1)OCO2)CN1CCC(=O)N(Cc2ccccc2F)CC1. The van der Waals surface area contributed by atoms with Gasteiger partial charge in [0.15, 0.2) is 11.5 Å². The fraction of sp³-hybridized carbons (Fsp3) is 0.435. The molecule has 2 heterocycles. The van der Waals surface area contributed by atoms with Crippen molar-refractivity contribution in [2.24, 2.45) is 5.92 Å². The molecule has 0 aromatic heterocycles. The van der Waals surface area contributed by atoms with Crippen LogP contribution in [-0.2, 0) is 17.8 Å². The van der Waals surface area contributed by atoms with Crippen molar-refractivity contribution >= 4 is 5.91 Å². The Kier molecular flexibility index (Phi) is 6.00. The molecule has 0 saturated carbocycles. The standard InChI is InChI=1S/C23H27FN2O3/c1-17(12-18-6-7-21-22(13-18)29-16-28-21)14-25-9-8-23(27)26(11-10-25)15-19-4-2-3-5-20(19)24/h2-7,13,17H,8-12,14-16H2,1H3/t17-/m0/s1. The summed E-state index contributed by atoms with van der Waals surface area (Å²) in [5.74, 6) is 1.92. The van der Waals surface area contributed by atoms with Crippen LogP contribution in [0.25, 0.3) is 0 Å². The van der Waals surface area contributed by atoms with E-state index in [1.54, 1.807) is 17.0 Å². The Hall–Kier alpha value is -2.60. The van der Waals surface area contributed by atoms with Gasteiger partial charge in [0.25, 0.3) is 0 Å². The summed E-state index contributed by atoms with van der Waals surface area (Å²) < 4.78 is 24.8. The minimum Gasteiger partial charge on any atom is -0.454 e. The first-order chi connectivity index (χ1) is 14.1. The largest absolute Gasteiger partial charge is 0.454 e. The maximum absolute atomic E-state index is 13.9. The lowest BCUT2D eigenvalue weighted by molar-refractivity contribution is -0.131. The van der Waals surface area contributed by atoms with Crippen LogP contribution in [0.15, 0.2) is 42.5 Å². The number of nitrogens with zero attached hydrogens (tertiary/aromatic N) is 2. The summed E-state index contributed by atoms with van der Waals surface area (Å²) in [6.07, 6.45) is 1.42. The normalized spacial score (nSPS) is 18.0. The lowest BCUT2D eigenvalue weighted by Crippen LogP contribution is -2.34. The van der Waals surface area contributed by atoms with Gasteiger partial charge in [0.05, 0.1) is 0 Å². The third-order valence-electron chi connectivity index (χ3n) is 5.59. The van der Waals surface area contributed by atoms with Gasteiger partial charge in [-0.25, -0.2) is 4.39 Å². The van der Waals surface area contributed by atoms with E-state index in [1.807, 2.05) is 12.1 Å². The van der Waals surface area contributed by atoms with Crippen LogP contribution in [0.5, 0.6) is 11.5 Å². The number of halogens is 1. The van der Waals surface area contributed by atoms with Crippen LogP contribution in [0.2, 0.25) is 0 Å². The molecule has 154 valence electrons. The summed E-state index contributed by atoms with van der Waals surface area (Å²) in [7, 11) is 0. The van der Waals surface area contributed by atoms with E-state index >= 15 is 0 Å². The maximum Gasteiger partial charge on any atom is 0.231 e. The molecule has 0 unspecified atom stereocenters. The number of carbonyl (C=O) groups excluding carboxylic acids is 1. The van der Waals surface area contributed by atoms with Crippen LogP contribution in [0.1, 0.15) is 24.5 Å². The van der Waals surface area contributed by atoms with Crippen molar-refractivity contribution in [1.29, 1.82) is 0 Å². The van der Waals surface area contributed by atoms with Gasteiger partial charge in [-0.05, 0) is 36.1 Å². The molecule has 2 aliphatic heterocycles. The number of ether oxygens (including phenoxy) is 2. The van der Waals surface area contributed by atoms with Crippen LogP contribution in [0.4, 0.5) is 4.39 Å². The van der Waals surface area contributed by atoms with E-state index in [9.17, 15) is 9.18 Å². The maximum atomic E-state index is 13.9. The molecule has 1 saturated heterocycles. The summed E-state index contributed by atoms with van der Waals surface area (Å²) in [6, 6.07) is 12.8. The van der Waals surface area contributed by atoms with Crippen LogP contribution >= 0.6 is 0 Å². The zero-order valence-corrected chi connectivity index (χ0v) is 16.8. The summed E-state index contributed by atoms with van der Waals surface area (Å²) in [6.45, 7) is 5.98. The van der Waals surface area contributed by atoms with Crippen molar-refractivity contribution in [3.8, 4) is 11.5 Å². The Balaban J connectivity index is 1.31. The molecule has 1 fully saturated rings. The third kappa shape index (κ3) is 4.88. The van der Waals surface area contributed by atoms with Gasteiger partial charge in [-0.1, -0.05) is 31.2 Å². The molecule has 0 N–H and O–H groups in total. The van der Waals surface area contributed by atoms with E-state index in [1.165, 1.54) is 11.6 Å². The number of hydrogen-bond donors (Lipinski definition) is 0. The van der Waals surface area contributed by atoms with E-state index in [0.717, 1.165) is 37.6 Å². The highest BCUT2D eigenvalue weighted by molar-refractivity contribution is 5.76. The topological polar surface area (TPSA) is 42.0 Å². The Morgan fingerprint density at radius 1 is 1.07 bits per heavy atom. The number of rotatable bonds is 6. The second-order valence-corrected chi connectivity index (χ2v) is 7.95. The summed E-state index contributed by atoms with van der Waals surface area (Å²) >= 11 is 0. The van der Waals surface area contributed by atoms with Crippen molar-refractivity contribution in [3.05, 3.63) is 59.4 Å². The first-order valence-corrected chi connectivity index (χ1v) is 10.2. The molecule has 0 aliphatic carbocycles. The molecule has 6 heteroatoms. The number of hydrogen-bond acceptors (Lipinski definition) is 4. The van der Waals surface area contributed by atoms with Crippen LogP contribution < -0.4 is 9.47 Å². The second kappa shape index (κ2) is 8.82. The highest BCUT2D eigenvalue weighted by Gasteiger charge is 2.23. The van der Waals surface area contributed by atoms with Crippen molar-refractivity contribution < 1.29 is 18.7 Å². The second-order valence-electron chi connectivity index (χ2n) is 7.95. The summed E-state index contributed by atoms with van der Waals surface area (Å²) in [4.78, 5) is 16.6. The molecule has 2 aromatic carbocycles. The number of benzene rings is 2. The predicted molar refractivity (Wildman–Crippen MR) is 108 cm³/mol. The molecule has 5 nitrogen and oxygen atoms in total. The smallest absolute Gasteiger partial charge is 0.231 e. The average molecular weight is 398 g/mol. The Morgan fingerprint density at radius 2 is 1.90 bits per heavy atom. The average Bonchev–Trinajstić information content (AvgIpc) is 3.10. The number of amides is 1. The first kappa shape index (κ1) is 19.7. The molecular formula is C23H27FN2O3. The molecule has 2 aliphatic rings. The zero-order chi connectivity index (χ0) is 20.2. The third-order valence-corrected chi connectivity index (χ3v) is 5.59. The van der Waals surface area contributed by atoms with Crippen molar-refractivity contribution in [1.82, 2.24) is 9.80 Å². The van der Waals surface area contributed by atoms with Crippen LogP contribution in [0.3, 0.4) is 0 Å². The van der Waals surface area contributed by atoms with Gasteiger partial charge in [-0.15, -0.1) is 0 Å². The van der Waals surface area contributed by atoms with Crippen LogP contribution in [-0.4, -0.2) is 48.7 Å². The highest BCUT2D eigenvalue weighted by Crippen LogP contribution is 2.33. The van der Waals surface area contributed by atoms with E-state index in [4.69, 9.17) is 9.47 Å². The van der Waals surface area contributed by atoms with Gasteiger partial charge in [-0.2, -0.15) is 0 Å². The molecule has 0 radical (unpaired) electrons. The first-order valence-electron chi connectivity index (χ1n) is 10.2. The number of fused-ring (bicyclic) bond motifs is 1. The van der Waals surface area contributed by atoms with Crippen molar-refractivity contribution in [2.75, 3.05) is 33.0 Å². The van der Waals surface area contributed by atoms with Gasteiger partial charge in [0.1, 0.15) is 5.82 Å². The minimum atomic E-state index is -0.251. The lowest BCUT2D eigenvalue weighted by Gasteiger charge is -2.25. The molecule has 1 atom stereocenters. The molecular weight excluding hydrogens is 371 g/mol. The molecule has 1 amide bonds. The van der Waals surface area contributed by atoms with Crippen molar-refractivity contribution in [3.63, 3.8) is 0 Å². The zero-order valence-electron chi connectivity index (χ0n) is 16.8. The highest BCUT2D eigenvalue weighted by atomic mass is 19.1. The van der Waals surface area contributed by atoms with Gasteiger partial charge in [-0.3, -0.25) is 4.79 Å². The van der Waals surface area contributed by atoms with Gasteiger partial charge >= 0.3 is 0 Å². The molecule has 29 heavy (non-hydrogen) atoms. The van der Waals surface area contributed by atoms with Crippen molar-refractivity contribution in [2.45, 2.75) is 26.3 Å². The van der Waals surface area contributed by atoms with Gasteiger partial charge in [0, 0.05) is 44.7 Å². The summed E-state index contributed by atoms with van der Waals surface area (Å²) in [5.41, 5.74) is 1.80. The number of carbonyl (C=O) groups is 1. The van der Waals surface area contributed by atoms with E-state index < -0.39 is 0 Å². The lowest BCUT2D eigenvalue weighted by atomic mass is 10.00. The summed E-state index contributed by atoms with van der Waals surface area (Å²) in [5, 5.41) is 0. The van der Waals surface area contributed by atoms with E-state index in [0.29, 0.717) is 37.8 Å². The molecule has 4 rings (SSSR count). The quantitative estimate of drug-likeness (QED) is 0.747. The predicted octanol–water partition coefficient (Wildman–Crippen LogP) is 3.47. The van der Waals surface area contributed by atoms with E-state index in [2.05, 4.69) is 24.0 Å². The van der Waals surface area contributed by atoms with Gasteiger partial charge < -0.3 is 19.3 Å². The van der Waals surface area contributed by atoms with E-state index in [-0.39, 0.29) is 11.7 Å². The van der Waals surface area contributed by atoms with Crippen LogP contribution in [0, 0.1) is 11.7 Å². The fourth-order valence-corrected chi connectivity index (χ4v) is 4.07. The molecule has 2 aromatic rings. The Bertz CT molecular complexity index is 873. The monoisotopic (exact) mass is 398 g/mol. The molecule has 0 bridgehead atoms. The fourth-order valence-electron chi connectivity index (χ4n) is 4.07. The Labute approximate surface area is 171 Å². The van der Waals surface area contributed by atoms with Gasteiger partial charge in [0.2, 0.25) is 12.7 Å². The minimum absolute atomic E-state index is 0.0965. The molecule has 0 spiro atoms.